The van der Waals surface area contributed by atoms with Crippen molar-refractivity contribution < 1.29 is 4.74 Å². The van der Waals surface area contributed by atoms with Crippen LogP contribution in [0.4, 0.5) is 5.82 Å². The molecule has 4 rings (SSSR count). The van der Waals surface area contributed by atoms with Gasteiger partial charge in [-0.05, 0) is 37.0 Å². The quantitative estimate of drug-likeness (QED) is 0.652. The lowest BCUT2D eigenvalue weighted by Gasteiger charge is -2.23. The van der Waals surface area contributed by atoms with Gasteiger partial charge in [0.1, 0.15) is 5.82 Å². The molecule has 2 aliphatic rings. The number of rotatable bonds is 4. The summed E-state index contributed by atoms with van der Waals surface area (Å²) >= 11 is 0. The standard InChI is InChI=1S/C20H27N5O/c1-21-20(24-17-11-14-8-9-18(17)26-14)22-12-13-10-19(25(2)3)23-16-7-5-4-6-15(13)16/h4-7,10,14,17-18H,8-9,11-12H2,1-3H3,(H2,21,22,24). The average molecular weight is 353 g/mol. The molecule has 1 aromatic carbocycles. The van der Waals surface area contributed by atoms with E-state index < -0.39 is 0 Å². The summed E-state index contributed by atoms with van der Waals surface area (Å²) in [6, 6.07) is 10.8. The van der Waals surface area contributed by atoms with Crippen LogP contribution in [0, 0.1) is 0 Å². The molecule has 2 saturated heterocycles. The van der Waals surface area contributed by atoms with E-state index >= 15 is 0 Å². The fourth-order valence-corrected chi connectivity index (χ4v) is 3.95. The van der Waals surface area contributed by atoms with Gasteiger partial charge in [0.25, 0.3) is 0 Å². The summed E-state index contributed by atoms with van der Waals surface area (Å²) in [6.07, 6.45) is 4.20. The van der Waals surface area contributed by atoms with E-state index in [1.165, 1.54) is 17.4 Å². The Balaban J connectivity index is 1.49. The Bertz CT molecular complexity index is 819. The molecule has 3 unspecified atom stereocenters. The molecule has 138 valence electrons. The van der Waals surface area contributed by atoms with Crippen LogP contribution in [0.1, 0.15) is 24.8 Å². The summed E-state index contributed by atoms with van der Waals surface area (Å²) in [5.74, 6) is 1.79. The Kier molecular flexibility index (Phi) is 4.68. The largest absolute Gasteiger partial charge is 0.373 e. The minimum absolute atomic E-state index is 0.334. The maximum Gasteiger partial charge on any atom is 0.191 e. The van der Waals surface area contributed by atoms with Gasteiger partial charge in [0.2, 0.25) is 0 Å². The fourth-order valence-electron chi connectivity index (χ4n) is 3.95. The Hall–Kier alpha value is -2.34. The summed E-state index contributed by atoms with van der Waals surface area (Å²) in [5.41, 5.74) is 2.23. The van der Waals surface area contributed by atoms with Crippen molar-refractivity contribution in [2.45, 2.75) is 44.1 Å². The van der Waals surface area contributed by atoms with E-state index in [4.69, 9.17) is 9.72 Å². The molecule has 2 aliphatic heterocycles. The van der Waals surface area contributed by atoms with Gasteiger partial charge in [-0.1, -0.05) is 18.2 Å². The number of fused-ring (bicyclic) bond motifs is 3. The highest BCUT2D eigenvalue weighted by atomic mass is 16.5. The van der Waals surface area contributed by atoms with Crippen molar-refractivity contribution in [2.75, 3.05) is 26.0 Å². The van der Waals surface area contributed by atoms with Gasteiger partial charge < -0.3 is 20.3 Å². The summed E-state index contributed by atoms with van der Waals surface area (Å²) < 4.78 is 5.93. The Labute approximate surface area is 154 Å². The number of hydrogen-bond acceptors (Lipinski definition) is 4. The molecule has 2 fully saturated rings. The Morgan fingerprint density at radius 1 is 1.31 bits per heavy atom. The first kappa shape index (κ1) is 17.1. The highest BCUT2D eigenvalue weighted by Crippen LogP contribution is 2.34. The molecule has 0 spiro atoms. The number of aliphatic imine (C=N–C) groups is 1. The minimum atomic E-state index is 0.334. The highest BCUT2D eigenvalue weighted by molar-refractivity contribution is 5.85. The number of nitrogens with one attached hydrogen (secondary N) is 2. The van der Waals surface area contributed by atoms with Gasteiger partial charge in [-0.2, -0.15) is 0 Å². The molecular formula is C20H27N5O. The average Bonchev–Trinajstić information content (AvgIpc) is 3.27. The number of anilines is 1. The zero-order valence-corrected chi connectivity index (χ0v) is 15.7. The van der Waals surface area contributed by atoms with Crippen LogP contribution < -0.4 is 15.5 Å². The lowest BCUT2D eigenvalue weighted by Crippen LogP contribution is -2.47. The summed E-state index contributed by atoms with van der Waals surface area (Å²) in [6.45, 7) is 0.700. The number of guanidine groups is 1. The van der Waals surface area contributed by atoms with Crippen LogP contribution in [-0.4, -0.2) is 50.3 Å². The number of ether oxygens (including phenoxy) is 1. The number of hydrogen-bond donors (Lipinski definition) is 2. The monoisotopic (exact) mass is 353 g/mol. The van der Waals surface area contributed by atoms with E-state index in [1.807, 2.05) is 32.1 Å². The van der Waals surface area contributed by atoms with Gasteiger partial charge in [0, 0.05) is 33.1 Å². The molecule has 2 N–H and O–H groups in total. The van der Waals surface area contributed by atoms with E-state index in [1.54, 1.807) is 0 Å². The molecule has 6 heteroatoms. The van der Waals surface area contributed by atoms with Crippen LogP contribution in [0.3, 0.4) is 0 Å². The van der Waals surface area contributed by atoms with Gasteiger partial charge in [-0.3, -0.25) is 4.99 Å². The molecular weight excluding hydrogens is 326 g/mol. The summed E-state index contributed by atoms with van der Waals surface area (Å²) in [5, 5.41) is 8.18. The smallest absolute Gasteiger partial charge is 0.191 e. The third-order valence-electron chi connectivity index (χ3n) is 5.34. The Morgan fingerprint density at radius 2 is 2.15 bits per heavy atom. The summed E-state index contributed by atoms with van der Waals surface area (Å²) in [4.78, 5) is 11.2. The van der Waals surface area contributed by atoms with Crippen LogP contribution in [0.5, 0.6) is 0 Å². The number of aromatic nitrogens is 1. The van der Waals surface area contributed by atoms with Gasteiger partial charge in [0.15, 0.2) is 5.96 Å². The van der Waals surface area contributed by atoms with Crippen molar-refractivity contribution in [2.24, 2.45) is 4.99 Å². The van der Waals surface area contributed by atoms with Crippen LogP contribution >= 0.6 is 0 Å². The molecule has 2 aromatic rings. The maximum atomic E-state index is 5.93. The number of benzene rings is 1. The second-order valence-electron chi connectivity index (χ2n) is 7.34. The first-order valence-electron chi connectivity index (χ1n) is 9.32. The van der Waals surface area contributed by atoms with E-state index in [0.717, 1.165) is 30.1 Å². The molecule has 3 heterocycles. The third-order valence-corrected chi connectivity index (χ3v) is 5.34. The molecule has 1 aromatic heterocycles. The molecule has 3 atom stereocenters. The van der Waals surface area contributed by atoms with E-state index in [9.17, 15) is 0 Å². The van der Waals surface area contributed by atoms with Gasteiger partial charge in [0.05, 0.1) is 23.8 Å². The van der Waals surface area contributed by atoms with Gasteiger partial charge in [-0.25, -0.2) is 4.98 Å². The zero-order chi connectivity index (χ0) is 18.1. The lowest BCUT2D eigenvalue weighted by atomic mass is 9.96. The molecule has 0 saturated carbocycles. The van der Waals surface area contributed by atoms with Crippen molar-refractivity contribution in [1.82, 2.24) is 15.6 Å². The number of nitrogens with zero attached hydrogens (tertiary/aromatic N) is 3. The van der Waals surface area contributed by atoms with Crippen molar-refractivity contribution in [3.63, 3.8) is 0 Å². The van der Waals surface area contributed by atoms with Crippen molar-refractivity contribution in [3.8, 4) is 0 Å². The van der Waals surface area contributed by atoms with E-state index in [-0.39, 0.29) is 0 Å². The fraction of sp³-hybridized carbons (Fsp3) is 0.500. The summed E-state index contributed by atoms with van der Waals surface area (Å²) in [7, 11) is 5.85. The molecule has 0 amide bonds. The first-order chi connectivity index (χ1) is 12.6. The van der Waals surface area contributed by atoms with E-state index in [0.29, 0.717) is 24.8 Å². The van der Waals surface area contributed by atoms with Gasteiger partial charge in [-0.15, -0.1) is 0 Å². The molecule has 26 heavy (non-hydrogen) atoms. The number of pyridine rings is 1. The second kappa shape index (κ2) is 7.11. The highest BCUT2D eigenvalue weighted by Gasteiger charge is 2.41. The van der Waals surface area contributed by atoms with Crippen molar-refractivity contribution >= 4 is 22.7 Å². The predicted molar refractivity (Wildman–Crippen MR) is 106 cm³/mol. The third kappa shape index (κ3) is 3.33. The second-order valence-corrected chi connectivity index (χ2v) is 7.34. The maximum absolute atomic E-state index is 5.93. The van der Waals surface area contributed by atoms with Crippen LogP contribution in [-0.2, 0) is 11.3 Å². The normalized spacial score (nSPS) is 24.9. The van der Waals surface area contributed by atoms with Crippen molar-refractivity contribution in [1.29, 1.82) is 0 Å². The topological polar surface area (TPSA) is 61.8 Å². The van der Waals surface area contributed by atoms with Gasteiger partial charge >= 0.3 is 0 Å². The van der Waals surface area contributed by atoms with Crippen molar-refractivity contribution in [3.05, 3.63) is 35.9 Å². The number of para-hydroxylation sites is 1. The Morgan fingerprint density at radius 3 is 2.85 bits per heavy atom. The molecule has 0 aliphatic carbocycles. The lowest BCUT2D eigenvalue weighted by molar-refractivity contribution is 0.0992. The SMILES string of the molecule is CN=C(NCc1cc(N(C)C)nc2ccccc12)NC1CC2CCC1O2. The van der Waals surface area contributed by atoms with Crippen LogP contribution in [0.2, 0.25) is 0 Å². The molecule has 6 nitrogen and oxygen atoms in total. The molecule has 2 bridgehead atoms. The predicted octanol–water partition coefficient (Wildman–Crippen LogP) is 2.29. The van der Waals surface area contributed by atoms with Crippen LogP contribution in [0.25, 0.3) is 10.9 Å². The minimum Gasteiger partial charge on any atom is -0.373 e. The first-order valence-corrected chi connectivity index (χ1v) is 9.32. The zero-order valence-electron chi connectivity index (χ0n) is 15.7. The van der Waals surface area contributed by atoms with Crippen LogP contribution in [0.15, 0.2) is 35.3 Å². The van der Waals surface area contributed by atoms with E-state index in [2.05, 4.69) is 39.9 Å². The molecule has 0 radical (unpaired) electrons.